The van der Waals surface area contributed by atoms with Gasteiger partial charge in [0.05, 0.1) is 6.20 Å². The quantitative estimate of drug-likeness (QED) is 0.767. The van der Waals surface area contributed by atoms with Crippen LogP contribution in [0.5, 0.6) is 0 Å². The predicted octanol–water partition coefficient (Wildman–Crippen LogP) is 3.76. The maximum Gasteiger partial charge on any atom is 0.163 e. The maximum absolute atomic E-state index is 12.1. The fourth-order valence-corrected chi connectivity index (χ4v) is 3.01. The van der Waals surface area contributed by atoms with Gasteiger partial charge in [0.2, 0.25) is 0 Å². The summed E-state index contributed by atoms with van der Waals surface area (Å²) < 4.78 is 3.55. The Kier molecular flexibility index (Phi) is 4.35. The standard InChI is InChI=1S/C13H12Br2N2O/c1-17-8-9(7-16-17)2-3-13(18)10-4-11(14)6-12(15)5-10/h4-8H,2-3H2,1H3. The van der Waals surface area contributed by atoms with Gasteiger partial charge in [-0.3, -0.25) is 9.48 Å². The van der Waals surface area contributed by atoms with Crippen molar-refractivity contribution in [3.05, 3.63) is 50.7 Å². The van der Waals surface area contributed by atoms with Crippen molar-refractivity contribution >= 4 is 37.6 Å². The number of aryl methyl sites for hydroxylation is 2. The van der Waals surface area contributed by atoms with Gasteiger partial charge in [-0.2, -0.15) is 5.10 Å². The number of rotatable bonds is 4. The van der Waals surface area contributed by atoms with Gasteiger partial charge in [-0.05, 0) is 30.2 Å². The summed E-state index contributed by atoms with van der Waals surface area (Å²) in [4.78, 5) is 12.1. The number of aromatic nitrogens is 2. The van der Waals surface area contributed by atoms with Crippen molar-refractivity contribution in [3.63, 3.8) is 0 Å². The van der Waals surface area contributed by atoms with Gasteiger partial charge in [-0.25, -0.2) is 0 Å². The number of nitrogens with zero attached hydrogens (tertiary/aromatic N) is 2. The van der Waals surface area contributed by atoms with Gasteiger partial charge in [-0.1, -0.05) is 31.9 Å². The van der Waals surface area contributed by atoms with Crippen molar-refractivity contribution in [2.45, 2.75) is 12.8 Å². The van der Waals surface area contributed by atoms with E-state index in [-0.39, 0.29) is 5.78 Å². The largest absolute Gasteiger partial charge is 0.294 e. The highest BCUT2D eigenvalue weighted by Crippen LogP contribution is 2.21. The Morgan fingerprint density at radius 1 is 1.28 bits per heavy atom. The van der Waals surface area contributed by atoms with E-state index >= 15 is 0 Å². The minimum atomic E-state index is 0.140. The molecule has 0 aliphatic rings. The molecule has 18 heavy (non-hydrogen) atoms. The predicted molar refractivity (Wildman–Crippen MR) is 77.7 cm³/mol. The molecule has 1 aromatic carbocycles. The van der Waals surface area contributed by atoms with E-state index in [9.17, 15) is 4.79 Å². The molecule has 1 aromatic heterocycles. The summed E-state index contributed by atoms with van der Waals surface area (Å²) in [5.41, 5.74) is 1.81. The Bertz CT molecular complexity index is 558. The molecule has 0 amide bonds. The minimum absolute atomic E-state index is 0.140. The highest BCUT2D eigenvalue weighted by Gasteiger charge is 2.08. The van der Waals surface area contributed by atoms with Crippen LogP contribution in [0.15, 0.2) is 39.5 Å². The van der Waals surface area contributed by atoms with Crippen LogP contribution < -0.4 is 0 Å². The fourth-order valence-electron chi connectivity index (χ4n) is 1.72. The van der Waals surface area contributed by atoms with E-state index in [0.29, 0.717) is 6.42 Å². The van der Waals surface area contributed by atoms with Gasteiger partial charge >= 0.3 is 0 Å². The van der Waals surface area contributed by atoms with Gasteiger partial charge in [0.25, 0.3) is 0 Å². The Labute approximate surface area is 122 Å². The first-order chi connectivity index (χ1) is 8.54. The zero-order valence-electron chi connectivity index (χ0n) is 9.86. The van der Waals surface area contributed by atoms with Gasteiger partial charge in [0.15, 0.2) is 5.78 Å². The highest BCUT2D eigenvalue weighted by molar-refractivity contribution is 9.11. The molecule has 94 valence electrons. The zero-order chi connectivity index (χ0) is 13.1. The smallest absolute Gasteiger partial charge is 0.163 e. The van der Waals surface area contributed by atoms with Crippen molar-refractivity contribution < 1.29 is 4.79 Å². The number of ketones is 1. The Hall–Kier alpha value is -0.940. The fraction of sp³-hybridized carbons (Fsp3) is 0.231. The second-order valence-electron chi connectivity index (χ2n) is 4.10. The number of hydrogen-bond donors (Lipinski definition) is 0. The van der Waals surface area contributed by atoms with E-state index in [4.69, 9.17) is 0 Å². The minimum Gasteiger partial charge on any atom is -0.294 e. The number of halogens is 2. The van der Waals surface area contributed by atoms with Crippen LogP contribution in [-0.2, 0) is 13.5 Å². The summed E-state index contributed by atoms with van der Waals surface area (Å²) >= 11 is 6.77. The number of carbonyl (C=O) groups is 1. The van der Waals surface area contributed by atoms with E-state index < -0.39 is 0 Å². The maximum atomic E-state index is 12.1. The van der Waals surface area contributed by atoms with Crippen molar-refractivity contribution in [1.82, 2.24) is 9.78 Å². The van der Waals surface area contributed by atoms with Crippen molar-refractivity contribution in [3.8, 4) is 0 Å². The molecule has 0 radical (unpaired) electrons. The first kappa shape index (κ1) is 13.5. The average molecular weight is 372 g/mol. The van der Waals surface area contributed by atoms with E-state index in [1.165, 1.54) is 0 Å². The number of hydrogen-bond acceptors (Lipinski definition) is 2. The van der Waals surface area contributed by atoms with Gasteiger partial charge < -0.3 is 0 Å². The van der Waals surface area contributed by atoms with E-state index in [1.54, 1.807) is 10.9 Å². The molecule has 2 aromatic rings. The highest BCUT2D eigenvalue weighted by atomic mass is 79.9. The molecule has 0 aliphatic heterocycles. The number of Topliss-reactive ketones (excluding diaryl/α,β-unsaturated/α-hetero) is 1. The molecular formula is C13H12Br2N2O. The molecule has 0 unspecified atom stereocenters. The van der Waals surface area contributed by atoms with Crippen LogP contribution in [0.1, 0.15) is 22.3 Å². The summed E-state index contributed by atoms with van der Waals surface area (Å²) in [6, 6.07) is 5.60. The van der Waals surface area contributed by atoms with Gasteiger partial charge in [-0.15, -0.1) is 0 Å². The summed E-state index contributed by atoms with van der Waals surface area (Å²) in [5.74, 6) is 0.140. The van der Waals surface area contributed by atoms with Crippen LogP contribution in [0.25, 0.3) is 0 Å². The van der Waals surface area contributed by atoms with Crippen LogP contribution in [0, 0.1) is 0 Å². The molecule has 5 heteroatoms. The van der Waals surface area contributed by atoms with E-state index in [2.05, 4.69) is 37.0 Å². The monoisotopic (exact) mass is 370 g/mol. The molecular weight excluding hydrogens is 360 g/mol. The molecule has 1 heterocycles. The molecule has 0 fully saturated rings. The molecule has 3 nitrogen and oxygen atoms in total. The third-order valence-corrected chi connectivity index (χ3v) is 3.50. The average Bonchev–Trinajstić information content (AvgIpc) is 2.70. The molecule has 0 bridgehead atoms. The summed E-state index contributed by atoms with van der Waals surface area (Å²) in [6.45, 7) is 0. The van der Waals surface area contributed by atoms with Crippen molar-refractivity contribution in [2.24, 2.45) is 7.05 Å². The first-order valence-corrected chi connectivity index (χ1v) is 7.10. The van der Waals surface area contributed by atoms with Crippen molar-refractivity contribution in [2.75, 3.05) is 0 Å². The zero-order valence-corrected chi connectivity index (χ0v) is 13.0. The van der Waals surface area contributed by atoms with Gasteiger partial charge in [0.1, 0.15) is 0 Å². The molecule has 2 rings (SSSR count). The lowest BCUT2D eigenvalue weighted by molar-refractivity contribution is 0.0982. The van der Waals surface area contributed by atoms with Crippen LogP contribution in [0.2, 0.25) is 0 Å². The van der Waals surface area contributed by atoms with Gasteiger partial charge in [0, 0.05) is 34.2 Å². The van der Waals surface area contributed by atoms with Crippen molar-refractivity contribution in [1.29, 1.82) is 0 Å². The third kappa shape index (κ3) is 3.53. The Morgan fingerprint density at radius 3 is 2.50 bits per heavy atom. The lowest BCUT2D eigenvalue weighted by Crippen LogP contribution is -2.01. The summed E-state index contributed by atoms with van der Waals surface area (Å²) in [7, 11) is 1.87. The number of benzene rings is 1. The first-order valence-electron chi connectivity index (χ1n) is 5.51. The molecule has 0 saturated carbocycles. The Balaban J connectivity index is 2.03. The van der Waals surface area contributed by atoms with Crippen LogP contribution in [0.3, 0.4) is 0 Å². The summed E-state index contributed by atoms with van der Waals surface area (Å²) in [6.07, 6.45) is 4.94. The van der Waals surface area contributed by atoms with Crippen LogP contribution in [-0.4, -0.2) is 15.6 Å². The second kappa shape index (κ2) is 5.80. The lowest BCUT2D eigenvalue weighted by Gasteiger charge is -2.02. The normalized spacial score (nSPS) is 10.6. The van der Waals surface area contributed by atoms with Crippen LogP contribution in [0.4, 0.5) is 0 Å². The molecule has 0 N–H and O–H groups in total. The molecule has 0 spiro atoms. The number of carbonyl (C=O) groups excluding carboxylic acids is 1. The third-order valence-electron chi connectivity index (χ3n) is 2.58. The molecule has 0 atom stereocenters. The molecule has 0 saturated heterocycles. The van der Waals surface area contributed by atoms with E-state index in [0.717, 1.165) is 26.5 Å². The van der Waals surface area contributed by atoms with E-state index in [1.807, 2.05) is 31.4 Å². The topological polar surface area (TPSA) is 34.9 Å². The SMILES string of the molecule is Cn1cc(CCC(=O)c2cc(Br)cc(Br)c2)cn1. The second-order valence-corrected chi connectivity index (χ2v) is 5.93. The Morgan fingerprint density at radius 2 is 1.94 bits per heavy atom. The van der Waals surface area contributed by atoms with Crippen LogP contribution >= 0.6 is 31.9 Å². The summed E-state index contributed by atoms with van der Waals surface area (Å²) in [5, 5.41) is 4.09. The lowest BCUT2D eigenvalue weighted by atomic mass is 10.0. The molecule has 0 aliphatic carbocycles.